The first-order valence-electron chi connectivity index (χ1n) is 11.0. The topological polar surface area (TPSA) is 64.5 Å². The van der Waals surface area contributed by atoms with Crippen LogP contribution in [0.1, 0.15) is 49.8 Å². The van der Waals surface area contributed by atoms with Gasteiger partial charge >= 0.3 is 0 Å². The van der Waals surface area contributed by atoms with Crippen molar-refractivity contribution >= 4 is 0 Å². The highest BCUT2D eigenvalue weighted by molar-refractivity contribution is 5.36. The summed E-state index contributed by atoms with van der Waals surface area (Å²) in [6, 6.07) is 16.4. The van der Waals surface area contributed by atoms with Crippen LogP contribution in [-0.2, 0) is 4.74 Å². The summed E-state index contributed by atoms with van der Waals surface area (Å²) in [6.07, 6.45) is 4.42. The molecule has 0 aliphatic heterocycles. The van der Waals surface area contributed by atoms with Gasteiger partial charge in [-0.15, -0.1) is 0 Å². The summed E-state index contributed by atoms with van der Waals surface area (Å²) in [6.45, 7) is 3.29. The lowest BCUT2D eigenvalue weighted by atomic mass is 9.86. The smallest absolute Gasteiger partial charge is 0.126 e. The molecule has 3 atom stereocenters. The van der Waals surface area contributed by atoms with Gasteiger partial charge in [0.25, 0.3) is 0 Å². The predicted octanol–water partition coefficient (Wildman–Crippen LogP) is 3.31. The van der Waals surface area contributed by atoms with Crippen LogP contribution in [0.3, 0.4) is 0 Å². The molecule has 1 aliphatic carbocycles. The van der Waals surface area contributed by atoms with Crippen molar-refractivity contribution in [3.05, 3.63) is 59.7 Å². The van der Waals surface area contributed by atoms with E-state index in [1.165, 1.54) is 25.7 Å². The number of nitrogens with two attached hydrogens (primary N) is 1. The maximum absolute atomic E-state index is 10.6. The molecule has 0 amide bonds. The number of hydrogen-bond donors (Lipinski definition) is 2. The van der Waals surface area contributed by atoms with E-state index in [2.05, 4.69) is 12.2 Å². The molecule has 0 radical (unpaired) electrons. The Balaban J connectivity index is 1.63. The van der Waals surface area contributed by atoms with Crippen LogP contribution in [0, 0.1) is 5.92 Å². The van der Waals surface area contributed by atoms with E-state index in [0.717, 1.165) is 28.5 Å². The molecular weight excluding hydrogens is 378 g/mol. The first-order valence-corrected chi connectivity index (χ1v) is 11.0. The third-order valence-corrected chi connectivity index (χ3v) is 6.18. The van der Waals surface area contributed by atoms with E-state index >= 15 is 0 Å². The van der Waals surface area contributed by atoms with E-state index < -0.39 is 6.10 Å². The number of rotatable bonds is 10. The Hall–Kier alpha value is -2.08. The fraction of sp³-hybridized carbons (Fsp3) is 0.520. The Labute approximate surface area is 180 Å². The maximum Gasteiger partial charge on any atom is 0.126 e. The molecule has 0 aromatic heterocycles. The summed E-state index contributed by atoms with van der Waals surface area (Å²) in [5.74, 6) is 2.34. The van der Waals surface area contributed by atoms with Crippen LogP contribution >= 0.6 is 0 Å². The highest BCUT2D eigenvalue weighted by atomic mass is 16.5. The summed E-state index contributed by atoms with van der Waals surface area (Å²) < 4.78 is 16.8. The monoisotopic (exact) mass is 414 g/mol. The molecule has 0 spiro atoms. The van der Waals surface area contributed by atoms with Crippen molar-refractivity contribution in [3.8, 4) is 11.5 Å². The first-order chi connectivity index (χ1) is 14.6. The SMILES string of the molecule is COc1ccc(C(OC[C@@H](O)C[NH2+][C@@H]2CCCC[C@H]2C)c2ccc(OC)cc2)cc1. The standard InChI is InChI=1S/C25H35NO4/c1-18-6-4-5-7-24(18)26-16-21(27)17-30-25(19-8-12-22(28-2)13-9-19)20-10-14-23(29-3)15-11-20/h8-15,18,21,24-27H,4-7,16-17H2,1-3H3/p+1/t18-,21+,24-/m1/s1. The quantitative estimate of drug-likeness (QED) is 0.626. The zero-order valence-corrected chi connectivity index (χ0v) is 18.4. The van der Waals surface area contributed by atoms with E-state index in [4.69, 9.17) is 14.2 Å². The van der Waals surface area contributed by atoms with Gasteiger partial charge in [0.05, 0.1) is 26.9 Å². The van der Waals surface area contributed by atoms with Crippen LogP contribution in [0.4, 0.5) is 0 Å². The minimum absolute atomic E-state index is 0.259. The number of aliphatic hydroxyl groups excluding tert-OH is 1. The van der Waals surface area contributed by atoms with Gasteiger partial charge in [-0.1, -0.05) is 37.6 Å². The molecule has 1 fully saturated rings. The average Bonchev–Trinajstić information content (AvgIpc) is 2.79. The maximum atomic E-state index is 10.6. The molecule has 1 aliphatic rings. The largest absolute Gasteiger partial charge is 0.497 e. The Morgan fingerprint density at radius 2 is 1.43 bits per heavy atom. The van der Waals surface area contributed by atoms with Crippen molar-refractivity contribution in [1.29, 1.82) is 0 Å². The second-order valence-corrected chi connectivity index (χ2v) is 8.31. The predicted molar refractivity (Wildman–Crippen MR) is 118 cm³/mol. The van der Waals surface area contributed by atoms with E-state index in [9.17, 15) is 5.11 Å². The zero-order valence-electron chi connectivity index (χ0n) is 18.4. The molecule has 2 aromatic carbocycles. The number of ether oxygens (including phenoxy) is 3. The molecule has 3 rings (SSSR count). The first kappa shape index (κ1) is 22.6. The van der Waals surface area contributed by atoms with Crippen molar-refractivity contribution in [1.82, 2.24) is 0 Å². The molecule has 5 heteroatoms. The van der Waals surface area contributed by atoms with E-state index in [1.54, 1.807) is 14.2 Å². The molecular formula is C25H36NO4+. The zero-order chi connectivity index (χ0) is 21.3. The summed E-state index contributed by atoms with van der Waals surface area (Å²) in [5.41, 5.74) is 2.05. The molecule has 5 nitrogen and oxygen atoms in total. The van der Waals surface area contributed by atoms with Crippen molar-refractivity contribution in [3.63, 3.8) is 0 Å². The normalized spacial score (nSPS) is 20.2. The number of quaternary nitrogens is 1. The third-order valence-electron chi connectivity index (χ3n) is 6.18. The van der Waals surface area contributed by atoms with Gasteiger partial charge in [-0.25, -0.2) is 0 Å². The highest BCUT2D eigenvalue weighted by Crippen LogP contribution is 2.29. The highest BCUT2D eigenvalue weighted by Gasteiger charge is 2.25. The summed E-state index contributed by atoms with van der Waals surface area (Å²) in [4.78, 5) is 0. The second kappa shape index (κ2) is 11.3. The van der Waals surface area contributed by atoms with Crippen LogP contribution in [0.2, 0.25) is 0 Å². The van der Waals surface area contributed by atoms with Crippen LogP contribution in [-0.4, -0.2) is 44.6 Å². The van der Waals surface area contributed by atoms with Gasteiger partial charge in [-0.3, -0.25) is 0 Å². The van der Waals surface area contributed by atoms with Crippen molar-refractivity contribution < 1.29 is 24.6 Å². The lowest BCUT2D eigenvalue weighted by molar-refractivity contribution is -0.703. The van der Waals surface area contributed by atoms with Gasteiger partial charge in [0.2, 0.25) is 0 Å². The fourth-order valence-electron chi connectivity index (χ4n) is 4.24. The minimum Gasteiger partial charge on any atom is -0.497 e. The molecule has 164 valence electrons. The van der Waals surface area contributed by atoms with Crippen LogP contribution in [0.25, 0.3) is 0 Å². The van der Waals surface area contributed by atoms with Crippen molar-refractivity contribution in [2.75, 3.05) is 27.4 Å². The van der Waals surface area contributed by atoms with Gasteiger partial charge in [0.1, 0.15) is 30.3 Å². The number of methoxy groups -OCH3 is 2. The fourth-order valence-corrected chi connectivity index (χ4v) is 4.24. The van der Waals surface area contributed by atoms with Gasteiger partial charge in [0, 0.05) is 5.92 Å². The molecule has 3 N–H and O–H groups in total. The van der Waals surface area contributed by atoms with Crippen LogP contribution in [0.5, 0.6) is 11.5 Å². The van der Waals surface area contributed by atoms with E-state index in [1.807, 2.05) is 48.5 Å². The number of benzene rings is 2. The lowest BCUT2D eigenvalue weighted by Crippen LogP contribution is -2.93. The summed E-state index contributed by atoms with van der Waals surface area (Å²) in [5, 5.41) is 12.9. The summed E-state index contributed by atoms with van der Waals surface area (Å²) in [7, 11) is 3.32. The van der Waals surface area contributed by atoms with Gasteiger partial charge in [-0.2, -0.15) is 0 Å². The molecule has 0 bridgehead atoms. The van der Waals surface area contributed by atoms with Crippen LogP contribution in [0.15, 0.2) is 48.5 Å². The van der Waals surface area contributed by atoms with E-state index in [-0.39, 0.29) is 6.10 Å². The molecule has 0 saturated heterocycles. The van der Waals surface area contributed by atoms with Crippen LogP contribution < -0.4 is 14.8 Å². The molecule has 1 saturated carbocycles. The Bertz CT molecular complexity index is 699. The average molecular weight is 415 g/mol. The number of aliphatic hydroxyl groups is 1. The molecule has 2 aromatic rings. The number of hydrogen-bond acceptors (Lipinski definition) is 4. The Morgan fingerprint density at radius 1 is 0.900 bits per heavy atom. The van der Waals surface area contributed by atoms with Crippen molar-refractivity contribution in [2.24, 2.45) is 5.92 Å². The molecule has 0 unspecified atom stereocenters. The molecule has 30 heavy (non-hydrogen) atoms. The van der Waals surface area contributed by atoms with Gasteiger partial charge in [-0.05, 0) is 54.7 Å². The van der Waals surface area contributed by atoms with Crippen molar-refractivity contribution in [2.45, 2.75) is 50.9 Å². The second-order valence-electron chi connectivity index (χ2n) is 8.31. The van der Waals surface area contributed by atoms with Gasteiger partial charge in [0.15, 0.2) is 0 Å². The van der Waals surface area contributed by atoms with E-state index in [0.29, 0.717) is 19.2 Å². The third kappa shape index (κ3) is 6.21. The minimum atomic E-state index is -0.502. The Kier molecular flexibility index (Phi) is 8.55. The lowest BCUT2D eigenvalue weighted by Gasteiger charge is -2.27. The van der Waals surface area contributed by atoms with Gasteiger partial charge < -0.3 is 24.6 Å². The summed E-state index contributed by atoms with van der Waals surface area (Å²) >= 11 is 0. The Morgan fingerprint density at radius 3 is 1.93 bits per heavy atom. The molecule has 0 heterocycles.